The molecule has 0 bridgehead atoms. The first kappa shape index (κ1) is 15.8. The number of aliphatic hydroxyl groups excluding tert-OH is 1. The quantitative estimate of drug-likeness (QED) is 0.859. The predicted molar refractivity (Wildman–Crippen MR) is 79.4 cm³/mol. The van der Waals surface area contributed by atoms with Crippen LogP contribution >= 0.6 is 0 Å². The Morgan fingerprint density at radius 1 is 1.33 bits per heavy atom. The first-order valence-electron chi connectivity index (χ1n) is 7.24. The highest BCUT2D eigenvalue weighted by atomic mass is 16.5. The third-order valence-corrected chi connectivity index (χ3v) is 4.01. The summed E-state index contributed by atoms with van der Waals surface area (Å²) in [4.78, 5) is 12.0. The van der Waals surface area contributed by atoms with Crippen molar-refractivity contribution in [3.05, 3.63) is 29.3 Å². The molecule has 1 aliphatic rings. The van der Waals surface area contributed by atoms with Gasteiger partial charge in [-0.1, -0.05) is 6.07 Å². The highest BCUT2D eigenvalue weighted by Crippen LogP contribution is 2.20. The summed E-state index contributed by atoms with van der Waals surface area (Å²) in [7, 11) is 0. The molecular formula is C16H23NO4. The Balaban J connectivity index is 1.87. The lowest BCUT2D eigenvalue weighted by Gasteiger charge is -2.36. The fraction of sp³-hybridized carbons (Fsp3) is 0.562. The van der Waals surface area contributed by atoms with Gasteiger partial charge in [0.05, 0.1) is 12.1 Å². The number of aryl methyl sites for hydroxylation is 2. The summed E-state index contributed by atoms with van der Waals surface area (Å²) in [6.45, 7) is 5.02. The van der Waals surface area contributed by atoms with Crippen molar-refractivity contribution < 1.29 is 19.4 Å². The molecule has 1 saturated heterocycles. The smallest absolute Gasteiger partial charge is 0.258 e. The molecule has 0 aromatic heterocycles. The number of aliphatic hydroxyl groups is 1. The lowest BCUT2D eigenvalue weighted by Crippen LogP contribution is -2.55. The number of amides is 1. The minimum Gasteiger partial charge on any atom is -0.484 e. The molecule has 0 spiro atoms. The molecule has 1 aliphatic heterocycles. The second-order valence-electron chi connectivity index (χ2n) is 5.63. The van der Waals surface area contributed by atoms with Crippen LogP contribution in [-0.4, -0.2) is 43.0 Å². The number of benzene rings is 1. The van der Waals surface area contributed by atoms with Gasteiger partial charge in [0.15, 0.2) is 6.61 Å². The van der Waals surface area contributed by atoms with E-state index in [4.69, 9.17) is 9.47 Å². The van der Waals surface area contributed by atoms with E-state index in [1.807, 2.05) is 32.0 Å². The molecular weight excluding hydrogens is 270 g/mol. The highest BCUT2D eigenvalue weighted by Gasteiger charge is 2.33. The third-order valence-electron chi connectivity index (χ3n) is 4.01. The second kappa shape index (κ2) is 6.91. The zero-order chi connectivity index (χ0) is 15.3. The molecule has 2 rings (SSSR count). The van der Waals surface area contributed by atoms with Crippen LogP contribution in [0.5, 0.6) is 5.75 Å². The van der Waals surface area contributed by atoms with Crippen molar-refractivity contribution in [1.82, 2.24) is 5.32 Å². The second-order valence-corrected chi connectivity index (χ2v) is 5.63. The molecule has 0 unspecified atom stereocenters. The monoisotopic (exact) mass is 293 g/mol. The summed E-state index contributed by atoms with van der Waals surface area (Å²) < 4.78 is 10.8. The fourth-order valence-corrected chi connectivity index (χ4v) is 2.37. The first-order valence-corrected chi connectivity index (χ1v) is 7.24. The topological polar surface area (TPSA) is 67.8 Å². The van der Waals surface area contributed by atoms with Crippen molar-refractivity contribution in [3.8, 4) is 5.75 Å². The Hall–Kier alpha value is -1.59. The Kier molecular flexibility index (Phi) is 5.20. The Morgan fingerprint density at radius 3 is 2.67 bits per heavy atom. The molecule has 0 radical (unpaired) electrons. The number of hydrogen-bond acceptors (Lipinski definition) is 4. The van der Waals surface area contributed by atoms with E-state index in [-0.39, 0.29) is 19.1 Å². The lowest BCUT2D eigenvalue weighted by molar-refractivity contribution is -0.127. The van der Waals surface area contributed by atoms with E-state index < -0.39 is 5.54 Å². The molecule has 0 aliphatic carbocycles. The summed E-state index contributed by atoms with van der Waals surface area (Å²) in [6.07, 6.45) is 1.25. The van der Waals surface area contributed by atoms with Crippen LogP contribution in [0.1, 0.15) is 24.0 Å². The average Bonchev–Trinajstić information content (AvgIpc) is 2.49. The van der Waals surface area contributed by atoms with E-state index in [0.29, 0.717) is 31.8 Å². The molecule has 1 amide bonds. The first-order chi connectivity index (χ1) is 10.0. The van der Waals surface area contributed by atoms with Crippen LogP contribution in [0.25, 0.3) is 0 Å². The van der Waals surface area contributed by atoms with Crippen LogP contribution in [0.2, 0.25) is 0 Å². The molecule has 2 N–H and O–H groups in total. The maximum Gasteiger partial charge on any atom is 0.258 e. The molecule has 1 heterocycles. The van der Waals surface area contributed by atoms with Gasteiger partial charge in [0, 0.05) is 13.2 Å². The minimum absolute atomic E-state index is 0.0505. The van der Waals surface area contributed by atoms with Crippen LogP contribution in [-0.2, 0) is 9.53 Å². The van der Waals surface area contributed by atoms with Crippen LogP contribution in [0.4, 0.5) is 0 Å². The molecule has 1 fully saturated rings. The number of rotatable bonds is 5. The van der Waals surface area contributed by atoms with Gasteiger partial charge in [-0.15, -0.1) is 0 Å². The van der Waals surface area contributed by atoms with Crippen molar-refractivity contribution in [2.45, 2.75) is 32.2 Å². The maximum absolute atomic E-state index is 12.0. The van der Waals surface area contributed by atoms with Gasteiger partial charge in [0.25, 0.3) is 5.91 Å². The van der Waals surface area contributed by atoms with Gasteiger partial charge >= 0.3 is 0 Å². The number of hydrogen-bond donors (Lipinski definition) is 2. The maximum atomic E-state index is 12.0. The zero-order valence-corrected chi connectivity index (χ0v) is 12.6. The summed E-state index contributed by atoms with van der Waals surface area (Å²) in [5.74, 6) is 0.461. The number of ether oxygens (including phenoxy) is 2. The molecule has 5 heteroatoms. The van der Waals surface area contributed by atoms with Crippen molar-refractivity contribution >= 4 is 5.91 Å². The van der Waals surface area contributed by atoms with Crippen molar-refractivity contribution in [2.75, 3.05) is 26.4 Å². The van der Waals surface area contributed by atoms with Gasteiger partial charge in [-0.3, -0.25) is 4.79 Å². The molecule has 116 valence electrons. The van der Waals surface area contributed by atoms with Crippen LogP contribution in [0.3, 0.4) is 0 Å². The lowest BCUT2D eigenvalue weighted by atomic mass is 9.91. The van der Waals surface area contributed by atoms with Crippen molar-refractivity contribution in [1.29, 1.82) is 0 Å². The van der Waals surface area contributed by atoms with E-state index in [0.717, 1.165) is 5.56 Å². The predicted octanol–water partition coefficient (Wildman–Crippen LogP) is 1.34. The molecule has 1 aromatic rings. The van der Waals surface area contributed by atoms with Gasteiger partial charge in [0.2, 0.25) is 0 Å². The van der Waals surface area contributed by atoms with E-state index in [1.54, 1.807) is 0 Å². The van der Waals surface area contributed by atoms with E-state index in [1.165, 1.54) is 5.56 Å². The van der Waals surface area contributed by atoms with Gasteiger partial charge < -0.3 is 19.9 Å². The SMILES string of the molecule is Cc1ccc(OCC(=O)NC2(CO)CCOCC2)cc1C. The van der Waals surface area contributed by atoms with Crippen molar-refractivity contribution in [3.63, 3.8) is 0 Å². The van der Waals surface area contributed by atoms with Crippen LogP contribution in [0, 0.1) is 13.8 Å². The summed E-state index contributed by atoms with van der Waals surface area (Å²) in [5.41, 5.74) is 1.75. The molecule has 0 saturated carbocycles. The van der Waals surface area contributed by atoms with Gasteiger partial charge in [0.1, 0.15) is 5.75 Å². The Labute approximate surface area is 125 Å². The average molecular weight is 293 g/mol. The number of carbonyl (C=O) groups excluding carboxylic acids is 1. The van der Waals surface area contributed by atoms with E-state index >= 15 is 0 Å². The standard InChI is InChI=1S/C16H23NO4/c1-12-3-4-14(9-13(12)2)21-10-15(19)17-16(11-18)5-7-20-8-6-16/h3-4,9,18H,5-8,10-11H2,1-2H3,(H,17,19). The van der Waals surface area contributed by atoms with Gasteiger partial charge in [-0.25, -0.2) is 0 Å². The fourth-order valence-electron chi connectivity index (χ4n) is 2.37. The molecule has 5 nitrogen and oxygen atoms in total. The van der Waals surface area contributed by atoms with Gasteiger partial charge in [-0.2, -0.15) is 0 Å². The largest absolute Gasteiger partial charge is 0.484 e. The van der Waals surface area contributed by atoms with Crippen molar-refractivity contribution in [2.24, 2.45) is 0 Å². The van der Waals surface area contributed by atoms with Gasteiger partial charge in [-0.05, 0) is 49.9 Å². The number of carbonyl (C=O) groups is 1. The van der Waals surface area contributed by atoms with E-state index in [9.17, 15) is 9.90 Å². The third kappa shape index (κ3) is 4.19. The molecule has 21 heavy (non-hydrogen) atoms. The van der Waals surface area contributed by atoms with E-state index in [2.05, 4.69) is 5.32 Å². The minimum atomic E-state index is -0.568. The number of nitrogens with one attached hydrogen (secondary N) is 1. The zero-order valence-electron chi connectivity index (χ0n) is 12.6. The Bertz CT molecular complexity index is 495. The molecule has 1 aromatic carbocycles. The summed E-state index contributed by atoms with van der Waals surface area (Å²) in [6, 6.07) is 5.74. The van der Waals surface area contributed by atoms with Crippen LogP contribution < -0.4 is 10.1 Å². The molecule has 0 atom stereocenters. The normalized spacial score (nSPS) is 17.3. The van der Waals surface area contributed by atoms with Crippen LogP contribution in [0.15, 0.2) is 18.2 Å². The summed E-state index contributed by atoms with van der Waals surface area (Å²) >= 11 is 0. The Morgan fingerprint density at radius 2 is 2.05 bits per heavy atom. The summed E-state index contributed by atoms with van der Waals surface area (Å²) in [5, 5.41) is 12.4. The highest BCUT2D eigenvalue weighted by molar-refractivity contribution is 5.78.